The van der Waals surface area contributed by atoms with E-state index < -0.39 is 0 Å². The van der Waals surface area contributed by atoms with E-state index in [0.717, 1.165) is 29.4 Å². The molecule has 0 saturated carbocycles. The molecule has 1 aromatic carbocycles. The first-order valence-electron chi connectivity index (χ1n) is 6.37. The minimum absolute atomic E-state index is 0.236. The van der Waals surface area contributed by atoms with Crippen molar-refractivity contribution in [3.63, 3.8) is 0 Å². The van der Waals surface area contributed by atoms with Gasteiger partial charge in [-0.05, 0) is 38.6 Å². The first kappa shape index (κ1) is 15.3. The molecule has 1 rings (SSSR count). The molecule has 0 heterocycles. The summed E-state index contributed by atoms with van der Waals surface area (Å²) >= 11 is 5.99. The van der Waals surface area contributed by atoms with Gasteiger partial charge in [-0.1, -0.05) is 18.5 Å². The highest BCUT2D eigenvalue weighted by Gasteiger charge is 2.04. The first-order chi connectivity index (χ1) is 8.63. The molecule has 102 valence electrons. The maximum absolute atomic E-state index is 5.99. The second-order valence-corrected chi connectivity index (χ2v) is 4.74. The summed E-state index contributed by atoms with van der Waals surface area (Å²) in [6.07, 6.45) is 0.236. The van der Waals surface area contributed by atoms with E-state index in [1.807, 2.05) is 32.0 Å². The van der Waals surface area contributed by atoms with Crippen LogP contribution in [0.3, 0.4) is 0 Å². The first-order valence-corrected chi connectivity index (χ1v) is 6.74. The highest BCUT2D eigenvalue weighted by atomic mass is 35.5. The number of hydrogen-bond acceptors (Lipinski definition) is 3. The summed E-state index contributed by atoms with van der Waals surface area (Å²) in [5.74, 6) is 0.868. The number of ether oxygens (including phenoxy) is 2. The van der Waals surface area contributed by atoms with Gasteiger partial charge in [0.25, 0.3) is 0 Å². The molecule has 3 nitrogen and oxygen atoms in total. The largest absolute Gasteiger partial charge is 0.491 e. The van der Waals surface area contributed by atoms with Gasteiger partial charge in [0.15, 0.2) is 0 Å². The molecule has 0 amide bonds. The van der Waals surface area contributed by atoms with Crippen molar-refractivity contribution < 1.29 is 9.47 Å². The lowest BCUT2D eigenvalue weighted by molar-refractivity contribution is 0.0550. The van der Waals surface area contributed by atoms with E-state index >= 15 is 0 Å². The predicted molar refractivity (Wildman–Crippen MR) is 75.4 cm³/mol. The fourth-order valence-electron chi connectivity index (χ4n) is 1.52. The third-order valence-corrected chi connectivity index (χ3v) is 2.62. The molecule has 1 aromatic rings. The third-order valence-electron chi connectivity index (χ3n) is 2.38. The van der Waals surface area contributed by atoms with Gasteiger partial charge in [0.05, 0.1) is 12.7 Å². The summed E-state index contributed by atoms with van der Waals surface area (Å²) in [5.41, 5.74) is 1.08. The monoisotopic (exact) mass is 271 g/mol. The Morgan fingerprint density at radius 3 is 2.72 bits per heavy atom. The molecule has 0 saturated heterocycles. The van der Waals surface area contributed by atoms with Crippen LogP contribution in [0.2, 0.25) is 5.02 Å². The summed E-state index contributed by atoms with van der Waals surface area (Å²) in [7, 11) is 0. The highest BCUT2D eigenvalue weighted by molar-refractivity contribution is 6.30. The highest BCUT2D eigenvalue weighted by Crippen LogP contribution is 2.22. The molecule has 0 fully saturated rings. The topological polar surface area (TPSA) is 30.5 Å². The summed E-state index contributed by atoms with van der Waals surface area (Å²) in [4.78, 5) is 0. The molecule has 4 heteroatoms. The molecule has 0 aliphatic heterocycles. The molecular weight excluding hydrogens is 250 g/mol. The standard InChI is InChI=1S/C14H22ClNO2/c1-4-16-10-12-9-13(15)5-6-14(12)18-8-7-17-11(2)3/h5-6,9,11,16H,4,7-8,10H2,1-3H3. The minimum atomic E-state index is 0.236. The van der Waals surface area contributed by atoms with Gasteiger partial charge in [0.1, 0.15) is 12.4 Å². The van der Waals surface area contributed by atoms with Crippen molar-refractivity contribution in [2.75, 3.05) is 19.8 Å². The van der Waals surface area contributed by atoms with Crippen molar-refractivity contribution in [1.29, 1.82) is 0 Å². The number of halogens is 1. The van der Waals surface area contributed by atoms with Gasteiger partial charge in [-0.3, -0.25) is 0 Å². The van der Waals surface area contributed by atoms with E-state index in [0.29, 0.717) is 13.2 Å². The van der Waals surface area contributed by atoms with Crippen molar-refractivity contribution in [2.24, 2.45) is 0 Å². The smallest absolute Gasteiger partial charge is 0.124 e. The number of benzene rings is 1. The van der Waals surface area contributed by atoms with E-state index in [9.17, 15) is 0 Å². The minimum Gasteiger partial charge on any atom is -0.491 e. The zero-order chi connectivity index (χ0) is 13.4. The van der Waals surface area contributed by atoms with Crippen LogP contribution in [0, 0.1) is 0 Å². The maximum Gasteiger partial charge on any atom is 0.124 e. The van der Waals surface area contributed by atoms with Gasteiger partial charge in [-0.25, -0.2) is 0 Å². The Balaban J connectivity index is 2.52. The van der Waals surface area contributed by atoms with Crippen LogP contribution in [0.5, 0.6) is 5.75 Å². The Labute approximate surface area is 114 Å². The van der Waals surface area contributed by atoms with E-state index in [-0.39, 0.29) is 6.10 Å². The van der Waals surface area contributed by atoms with Crippen LogP contribution in [0.1, 0.15) is 26.3 Å². The number of hydrogen-bond donors (Lipinski definition) is 1. The van der Waals surface area contributed by atoms with E-state index in [4.69, 9.17) is 21.1 Å². The molecule has 0 aliphatic rings. The van der Waals surface area contributed by atoms with Gasteiger partial charge in [0, 0.05) is 17.1 Å². The van der Waals surface area contributed by atoms with Crippen LogP contribution in [0.15, 0.2) is 18.2 Å². The average molecular weight is 272 g/mol. The average Bonchev–Trinajstić information content (AvgIpc) is 2.33. The van der Waals surface area contributed by atoms with Crippen molar-refractivity contribution in [3.05, 3.63) is 28.8 Å². The number of rotatable bonds is 8. The Morgan fingerprint density at radius 1 is 1.28 bits per heavy atom. The van der Waals surface area contributed by atoms with Crippen LogP contribution in [-0.4, -0.2) is 25.9 Å². The van der Waals surface area contributed by atoms with Crippen LogP contribution >= 0.6 is 11.6 Å². The van der Waals surface area contributed by atoms with Crippen molar-refractivity contribution in [1.82, 2.24) is 5.32 Å². The summed E-state index contributed by atoms with van der Waals surface area (Å²) in [6.45, 7) is 8.93. The molecular formula is C14H22ClNO2. The molecule has 0 radical (unpaired) electrons. The van der Waals surface area contributed by atoms with Crippen LogP contribution in [0.4, 0.5) is 0 Å². The van der Waals surface area contributed by atoms with Crippen LogP contribution in [-0.2, 0) is 11.3 Å². The second kappa shape index (κ2) is 8.35. The maximum atomic E-state index is 5.99. The Kier molecular flexibility index (Phi) is 7.09. The zero-order valence-corrected chi connectivity index (χ0v) is 12.1. The molecule has 0 atom stereocenters. The molecule has 0 aromatic heterocycles. The normalized spacial score (nSPS) is 10.9. The van der Waals surface area contributed by atoms with Gasteiger partial charge in [-0.2, -0.15) is 0 Å². The quantitative estimate of drug-likeness (QED) is 0.736. The SMILES string of the molecule is CCNCc1cc(Cl)ccc1OCCOC(C)C. The van der Waals surface area contributed by atoms with Crippen molar-refractivity contribution in [3.8, 4) is 5.75 Å². The fourth-order valence-corrected chi connectivity index (χ4v) is 1.72. The molecule has 0 bridgehead atoms. The summed E-state index contributed by atoms with van der Waals surface area (Å²) in [5, 5.41) is 4.00. The van der Waals surface area contributed by atoms with Gasteiger partial charge in [-0.15, -0.1) is 0 Å². The van der Waals surface area contributed by atoms with Gasteiger partial charge in [0.2, 0.25) is 0 Å². The lowest BCUT2D eigenvalue weighted by Gasteiger charge is -2.13. The molecule has 0 spiro atoms. The Morgan fingerprint density at radius 2 is 2.06 bits per heavy atom. The lowest BCUT2D eigenvalue weighted by Crippen LogP contribution is -2.15. The predicted octanol–water partition coefficient (Wildman–Crippen LogP) is 3.25. The Hall–Kier alpha value is -0.770. The van der Waals surface area contributed by atoms with E-state index in [1.165, 1.54) is 0 Å². The third kappa shape index (κ3) is 5.71. The Bertz CT molecular complexity index is 356. The second-order valence-electron chi connectivity index (χ2n) is 4.30. The summed E-state index contributed by atoms with van der Waals surface area (Å²) < 4.78 is 11.2. The molecule has 0 aliphatic carbocycles. The molecule has 1 N–H and O–H groups in total. The van der Waals surface area contributed by atoms with Crippen molar-refractivity contribution in [2.45, 2.75) is 33.4 Å². The lowest BCUT2D eigenvalue weighted by atomic mass is 10.2. The molecule has 0 unspecified atom stereocenters. The summed E-state index contributed by atoms with van der Waals surface area (Å²) in [6, 6.07) is 5.68. The van der Waals surface area contributed by atoms with Gasteiger partial charge >= 0.3 is 0 Å². The van der Waals surface area contributed by atoms with Crippen LogP contribution < -0.4 is 10.1 Å². The van der Waals surface area contributed by atoms with Gasteiger partial charge < -0.3 is 14.8 Å². The van der Waals surface area contributed by atoms with Crippen molar-refractivity contribution >= 4 is 11.6 Å². The zero-order valence-electron chi connectivity index (χ0n) is 11.3. The number of nitrogens with one attached hydrogen (secondary N) is 1. The fraction of sp³-hybridized carbons (Fsp3) is 0.571. The van der Waals surface area contributed by atoms with E-state index in [1.54, 1.807) is 0 Å². The molecule has 18 heavy (non-hydrogen) atoms. The van der Waals surface area contributed by atoms with Crippen LogP contribution in [0.25, 0.3) is 0 Å². The van der Waals surface area contributed by atoms with E-state index in [2.05, 4.69) is 12.2 Å².